The lowest BCUT2D eigenvalue weighted by molar-refractivity contribution is 0.199. The Labute approximate surface area is 69.0 Å². The van der Waals surface area contributed by atoms with Crippen LogP contribution in [0.15, 0.2) is 0 Å². The topological polar surface area (TPSA) is 32.3 Å². The first-order valence-corrected chi connectivity index (χ1v) is 4.64. The summed E-state index contributed by atoms with van der Waals surface area (Å²) in [5, 5.41) is 12.2. The molecule has 11 heavy (non-hydrogen) atoms. The van der Waals surface area contributed by atoms with Crippen LogP contribution in [0.25, 0.3) is 0 Å². The second-order valence-electron chi connectivity index (χ2n) is 3.72. The van der Waals surface area contributed by atoms with Gasteiger partial charge in [0.05, 0.1) is 0 Å². The third-order valence-electron chi connectivity index (χ3n) is 2.51. The Morgan fingerprint density at radius 1 is 1.45 bits per heavy atom. The van der Waals surface area contributed by atoms with Gasteiger partial charge in [0.2, 0.25) is 0 Å². The Morgan fingerprint density at radius 2 is 2.09 bits per heavy atom. The highest BCUT2D eigenvalue weighted by Crippen LogP contribution is 2.20. The van der Waals surface area contributed by atoms with Crippen LogP contribution in [0, 0.1) is 11.8 Å². The largest absolute Gasteiger partial charge is 0.396 e. The van der Waals surface area contributed by atoms with Crippen LogP contribution in [0.2, 0.25) is 0 Å². The van der Waals surface area contributed by atoms with Crippen molar-refractivity contribution in [2.24, 2.45) is 11.8 Å². The van der Waals surface area contributed by atoms with Crippen LogP contribution in [-0.4, -0.2) is 24.8 Å². The van der Waals surface area contributed by atoms with E-state index in [-0.39, 0.29) is 0 Å². The SMILES string of the molecule is CC(CO)CC1CCNCC1. The fourth-order valence-corrected chi connectivity index (χ4v) is 1.76. The molecule has 1 heterocycles. The van der Waals surface area contributed by atoms with Gasteiger partial charge in [-0.05, 0) is 44.2 Å². The molecule has 0 bridgehead atoms. The Bertz CT molecular complexity index is 99.7. The molecule has 0 amide bonds. The fourth-order valence-electron chi connectivity index (χ4n) is 1.76. The minimum absolute atomic E-state index is 0.351. The van der Waals surface area contributed by atoms with Gasteiger partial charge in [-0.2, -0.15) is 0 Å². The van der Waals surface area contributed by atoms with Gasteiger partial charge in [0.25, 0.3) is 0 Å². The second-order valence-corrected chi connectivity index (χ2v) is 3.72. The van der Waals surface area contributed by atoms with Crippen molar-refractivity contribution in [2.75, 3.05) is 19.7 Å². The highest BCUT2D eigenvalue weighted by molar-refractivity contribution is 4.70. The highest BCUT2D eigenvalue weighted by Gasteiger charge is 2.15. The van der Waals surface area contributed by atoms with Crippen LogP contribution in [0.4, 0.5) is 0 Å². The normalized spacial score (nSPS) is 23.5. The number of rotatable bonds is 3. The molecule has 0 aromatic heterocycles. The Balaban J connectivity index is 2.13. The molecular formula is C9H19NO. The fraction of sp³-hybridized carbons (Fsp3) is 1.00. The summed E-state index contributed by atoms with van der Waals surface area (Å²) in [7, 11) is 0. The molecule has 0 aromatic rings. The number of hydrogen-bond acceptors (Lipinski definition) is 2. The van der Waals surface area contributed by atoms with Crippen molar-refractivity contribution in [1.82, 2.24) is 5.32 Å². The van der Waals surface area contributed by atoms with Gasteiger partial charge in [-0.15, -0.1) is 0 Å². The van der Waals surface area contributed by atoms with Crippen LogP contribution in [0.5, 0.6) is 0 Å². The van der Waals surface area contributed by atoms with E-state index in [1.807, 2.05) is 0 Å². The molecule has 1 atom stereocenters. The zero-order valence-electron chi connectivity index (χ0n) is 7.34. The average molecular weight is 157 g/mol. The standard InChI is InChI=1S/C9H19NO/c1-8(7-11)6-9-2-4-10-5-3-9/h8-11H,2-7H2,1H3. The molecule has 66 valence electrons. The Kier molecular flexibility index (Phi) is 3.87. The van der Waals surface area contributed by atoms with E-state index in [4.69, 9.17) is 5.11 Å². The maximum Gasteiger partial charge on any atom is 0.0456 e. The van der Waals surface area contributed by atoms with Gasteiger partial charge in [0.1, 0.15) is 0 Å². The molecule has 1 rings (SSSR count). The van der Waals surface area contributed by atoms with E-state index in [0.29, 0.717) is 12.5 Å². The minimum atomic E-state index is 0.351. The predicted octanol–water partition coefficient (Wildman–Crippen LogP) is 1.00. The molecule has 0 aromatic carbocycles. The van der Waals surface area contributed by atoms with Crippen LogP contribution >= 0.6 is 0 Å². The predicted molar refractivity (Wildman–Crippen MR) is 46.5 cm³/mol. The summed E-state index contributed by atoms with van der Waals surface area (Å²) < 4.78 is 0. The molecule has 1 aliphatic heterocycles. The first-order valence-electron chi connectivity index (χ1n) is 4.64. The average Bonchev–Trinajstić information content (AvgIpc) is 2.06. The molecule has 1 unspecified atom stereocenters. The van der Waals surface area contributed by atoms with E-state index in [1.54, 1.807) is 0 Å². The number of aliphatic hydroxyl groups is 1. The maximum absolute atomic E-state index is 8.85. The molecule has 2 N–H and O–H groups in total. The van der Waals surface area contributed by atoms with Crippen molar-refractivity contribution < 1.29 is 5.11 Å². The number of hydrogen-bond donors (Lipinski definition) is 2. The first-order chi connectivity index (χ1) is 5.33. The van der Waals surface area contributed by atoms with Gasteiger partial charge in [-0.3, -0.25) is 0 Å². The second kappa shape index (κ2) is 4.73. The monoisotopic (exact) mass is 157 g/mol. The molecular weight excluding hydrogens is 138 g/mol. The van der Waals surface area contributed by atoms with E-state index >= 15 is 0 Å². The summed E-state index contributed by atoms with van der Waals surface area (Å²) in [5.41, 5.74) is 0. The minimum Gasteiger partial charge on any atom is -0.396 e. The molecule has 2 nitrogen and oxygen atoms in total. The van der Waals surface area contributed by atoms with Crippen molar-refractivity contribution >= 4 is 0 Å². The van der Waals surface area contributed by atoms with Gasteiger partial charge in [0, 0.05) is 6.61 Å². The molecule has 0 radical (unpaired) electrons. The van der Waals surface area contributed by atoms with Crippen LogP contribution < -0.4 is 5.32 Å². The summed E-state index contributed by atoms with van der Waals surface area (Å²) in [6.45, 7) is 4.82. The van der Waals surface area contributed by atoms with E-state index in [9.17, 15) is 0 Å². The third-order valence-corrected chi connectivity index (χ3v) is 2.51. The van der Waals surface area contributed by atoms with E-state index in [0.717, 1.165) is 5.92 Å². The lowest BCUT2D eigenvalue weighted by Crippen LogP contribution is -2.28. The summed E-state index contributed by atoms with van der Waals surface area (Å²) in [6, 6.07) is 0. The molecule has 0 spiro atoms. The van der Waals surface area contributed by atoms with Crippen molar-refractivity contribution in [3.8, 4) is 0 Å². The van der Waals surface area contributed by atoms with Crippen LogP contribution in [-0.2, 0) is 0 Å². The smallest absolute Gasteiger partial charge is 0.0456 e. The van der Waals surface area contributed by atoms with Crippen molar-refractivity contribution in [3.05, 3.63) is 0 Å². The lowest BCUT2D eigenvalue weighted by Gasteiger charge is -2.24. The van der Waals surface area contributed by atoms with Gasteiger partial charge >= 0.3 is 0 Å². The Hall–Kier alpha value is -0.0800. The molecule has 1 aliphatic rings. The van der Waals surface area contributed by atoms with Crippen LogP contribution in [0.1, 0.15) is 26.2 Å². The van der Waals surface area contributed by atoms with Gasteiger partial charge in [0.15, 0.2) is 0 Å². The summed E-state index contributed by atoms with van der Waals surface area (Å²) in [5.74, 6) is 1.36. The van der Waals surface area contributed by atoms with E-state index in [1.165, 1.54) is 32.4 Å². The van der Waals surface area contributed by atoms with Gasteiger partial charge in [-0.25, -0.2) is 0 Å². The summed E-state index contributed by atoms with van der Waals surface area (Å²) in [6.07, 6.45) is 3.80. The molecule has 2 heteroatoms. The van der Waals surface area contributed by atoms with Crippen molar-refractivity contribution in [2.45, 2.75) is 26.2 Å². The molecule has 0 saturated carbocycles. The number of nitrogens with one attached hydrogen (secondary N) is 1. The quantitative estimate of drug-likeness (QED) is 0.640. The third kappa shape index (κ3) is 3.21. The molecule has 0 aliphatic carbocycles. The van der Waals surface area contributed by atoms with E-state index < -0.39 is 0 Å². The summed E-state index contributed by atoms with van der Waals surface area (Å²) in [4.78, 5) is 0. The van der Waals surface area contributed by atoms with Gasteiger partial charge < -0.3 is 10.4 Å². The molecule has 1 fully saturated rings. The zero-order chi connectivity index (χ0) is 8.10. The maximum atomic E-state index is 8.85. The Morgan fingerprint density at radius 3 is 2.64 bits per heavy atom. The highest BCUT2D eigenvalue weighted by atomic mass is 16.3. The molecule has 1 saturated heterocycles. The summed E-state index contributed by atoms with van der Waals surface area (Å²) >= 11 is 0. The van der Waals surface area contributed by atoms with Crippen LogP contribution in [0.3, 0.4) is 0 Å². The van der Waals surface area contributed by atoms with Crippen molar-refractivity contribution in [1.29, 1.82) is 0 Å². The number of aliphatic hydroxyl groups excluding tert-OH is 1. The zero-order valence-corrected chi connectivity index (χ0v) is 7.34. The lowest BCUT2D eigenvalue weighted by atomic mass is 9.89. The van der Waals surface area contributed by atoms with Gasteiger partial charge in [-0.1, -0.05) is 6.92 Å². The van der Waals surface area contributed by atoms with E-state index in [2.05, 4.69) is 12.2 Å². The van der Waals surface area contributed by atoms with Crippen molar-refractivity contribution in [3.63, 3.8) is 0 Å². The number of piperidine rings is 1. The first kappa shape index (κ1) is 9.01.